The molecule has 1 heterocycles. The second-order valence-corrected chi connectivity index (χ2v) is 5.92. The van der Waals surface area contributed by atoms with Crippen LogP contribution in [0.25, 0.3) is 0 Å². The van der Waals surface area contributed by atoms with Crippen LogP contribution in [-0.4, -0.2) is 28.9 Å². The van der Waals surface area contributed by atoms with Gasteiger partial charge < -0.3 is 10.6 Å². The molecular formula is C12H21Cl2N3OS. The number of carbonyl (C=O) groups excluding carboxylic acids is 1. The number of hydrogen-bond acceptors (Lipinski definition) is 4. The van der Waals surface area contributed by atoms with E-state index in [9.17, 15) is 4.79 Å². The topological polar surface area (TPSA) is 59.2 Å². The highest BCUT2D eigenvalue weighted by Crippen LogP contribution is 2.37. The Morgan fingerprint density at radius 1 is 1.53 bits per heavy atom. The Balaban J connectivity index is 0.00000162. The Bertz CT molecular complexity index is 437. The van der Waals surface area contributed by atoms with Crippen LogP contribution in [0.15, 0.2) is 0 Å². The van der Waals surface area contributed by atoms with Crippen LogP contribution in [0.5, 0.6) is 0 Å². The summed E-state index contributed by atoms with van der Waals surface area (Å²) < 4.78 is 0. The van der Waals surface area contributed by atoms with E-state index in [1.165, 1.54) is 10.6 Å². The van der Waals surface area contributed by atoms with Crippen molar-refractivity contribution < 1.29 is 4.79 Å². The zero-order chi connectivity index (χ0) is 12.6. The lowest BCUT2D eigenvalue weighted by molar-refractivity contribution is -0.133. The molecule has 1 aromatic heterocycles. The standard InChI is InChI=1S/C12H19N3OS.2ClH/c1-7(13)12(16)15(3)10-6-4-5-9-11(10)17-8(2)14-9;;/h7,10H,4-6,13H2,1-3H3;2*1H. The van der Waals surface area contributed by atoms with Crippen molar-refractivity contribution in [3.63, 3.8) is 0 Å². The normalized spacial score (nSPS) is 18.6. The lowest BCUT2D eigenvalue weighted by Gasteiger charge is -2.31. The summed E-state index contributed by atoms with van der Waals surface area (Å²) in [4.78, 5) is 19.5. The predicted molar refractivity (Wildman–Crippen MR) is 83.4 cm³/mol. The van der Waals surface area contributed by atoms with E-state index in [1.54, 1.807) is 23.2 Å². The number of amides is 1. The third-order valence-electron chi connectivity index (χ3n) is 3.23. The van der Waals surface area contributed by atoms with Crippen molar-refractivity contribution in [2.75, 3.05) is 7.05 Å². The minimum absolute atomic E-state index is 0. The Morgan fingerprint density at radius 2 is 2.16 bits per heavy atom. The van der Waals surface area contributed by atoms with E-state index in [0.717, 1.165) is 24.3 Å². The van der Waals surface area contributed by atoms with Gasteiger partial charge in [0.1, 0.15) is 0 Å². The van der Waals surface area contributed by atoms with E-state index in [1.807, 2.05) is 14.0 Å². The Kier molecular flexibility index (Phi) is 7.29. The maximum absolute atomic E-state index is 11.9. The van der Waals surface area contributed by atoms with Crippen molar-refractivity contribution >= 4 is 42.1 Å². The molecule has 1 aromatic rings. The van der Waals surface area contributed by atoms with Gasteiger partial charge in [-0.2, -0.15) is 0 Å². The molecule has 1 aliphatic rings. The molecule has 1 amide bonds. The molecule has 2 rings (SSSR count). The number of carbonyl (C=O) groups is 1. The molecule has 2 unspecified atom stereocenters. The molecule has 0 spiro atoms. The van der Waals surface area contributed by atoms with Gasteiger partial charge in [-0.3, -0.25) is 4.79 Å². The molecular weight excluding hydrogens is 305 g/mol. The van der Waals surface area contributed by atoms with Gasteiger partial charge in [0.2, 0.25) is 5.91 Å². The number of rotatable bonds is 2. The quantitative estimate of drug-likeness (QED) is 0.908. The summed E-state index contributed by atoms with van der Waals surface area (Å²) in [6.45, 7) is 3.76. The molecule has 0 bridgehead atoms. The fourth-order valence-electron chi connectivity index (χ4n) is 2.36. The Hall–Kier alpha value is -0.360. The van der Waals surface area contributed by atoms with Gasteiger partial charge in [-0.15, -0.1) is 36.2 Å². The summed E-state index contributed by atoms with van der Waals surface area (Å²) in [6, 6.07) is -0.261. The summed E-state index contributed by atoms with van der Waals surface area (Å²) in [5.74, 6) is 0.00824. The van der Waals surface area contributed by atoms with Gasteiger partial charge >= 0.3 is 0 Å². The molecule has 2 atom stereocenters. The first-order valence-electron chi connectivity index (χ1n) is 5.99. The number of halogens is 2. The van der Waals surface area contributed by atoms with Gasteiger partial charge in [-0.1, -0.05) is 0 Å². The molecule has 0 saturated heterocycles. The second-order valence-electron chi connectivity index (χ2n) is 4.69. The number of nitrogens with two attached hydrogens (primary N) is 1. The molecule has 19 heavy (non-hydrogen) atoms. The molecule has 4 nitrogen and oxygen atoms in total. The van der Waals surface area contributed by atoms with Crippen molar-refractivity contribution in [3.8, 4) is 0 Å². The number of likely N-dealkylation sites (N-methyl/N-ethyl adjacent to an activating group) is 1. The molecule has 7 heteroatoms. The number of thiazole rings is 1. The number of aryl methyl sites for hydroxylation is 2. The number of aromatic nitrogens is 1. The lowest BCUT2D eigenvalue weighted by atomic mass is 9.96. The van der Waals surface area contributed by atoms with Gasteiger partial charge in [-0.25, -0.2) is 4.98 Å². The molecule has 0 aromatic carbocycles. The van der Waals surface area contributed by atoms with Crippen molar-refractivity contribution in [1.29, 1.82) is 0 Å². The zero-order valence-corrected chi connectivity index (χ0v) is 13.8. The van der Waals surface area contributed by atoms with Crippen molar-refractivity contribution in [1.82, 2.24) is 9.88 Å². The average Bonchev–Trinajstić information content (AvgIpc) is 2.66. The van der Waals surface area contributed by atoms with Crippen LogP contribution < -0.4 is 5.73 Å². The van der Waals surface area contributed by atoms with E-state index >= 15 is 0 Å². The third kappa shape index (κ3) is 3.81. The van der Waals surface area contributed by atoms with Crippen molar-refractivity contribution in [3.05, 3.63) is 15.6 Å². The average molecular weight is 326 g/mol. The van der Waals surface area contributed by atoms with Crippen LogP contribution in [0.3, 0.4) is 0 Å². The first kappa shape index (κ1) is 18.6. The van der Waals surface area contributed by atoms with Gasteiger partial charge in [0.15, 0.2) is 0 Å². The van der Waals surface area contributed by atoms with Gasteiger partial charge in [0, 0.05) is 7.05 Å². The Morgan fingerprint density at radius 3 is 2.74 bits per heavy atom. The van der Waals surface area contributed by atoms with E-state index in [2.05, 4.69) is 4.98 Å². The zero-order valence-electron chi connectivity index (χ0n) is 11.4. The minimum Gasteiger partial charge on any atom is -0.336 e. The van der Waals surface area contributed by atoms with Crippen LogP contribution in [0, 0.1) is 6.92 Å². The van der Waals surface area contributed by atoms with Crippen molar-refractivity contribution in [2.24, 2.45) is 5.73 Å². The highest BCUT2D eigenvalue weighted by Gasteiger charge is 2.30. The summed E-state index contributed by atoms with van der Waals surface area (Å²) in [6.07, 6.45) is 3.15. The fraction of sp³-hybridized carbons (Fsp3) is 0.667. The minimum atomic E-state index is -0.431. The predicted octanol–water partition coefficient (Wildman–Crippen LogP) is 2.48. The van der Waals surface area contributed by atoms with E-state index in [-0.39, 0.29) is 36.8 Å². The number of nitrogens with zero attached hydrogens (tertiary/aromatic N) is 2. The van der Waals surface area contributed by atoms with E-state index < -0.39 is 6.04 Å². The van der Waals surface area contributed by atoms with Crippen LogP contribution >= 0.6 is 36.2 Å². The molecule has 0 aliphatic heterocycles. The molecule has 1 aliphatic carbocycles. The van der Waals surface area contributed by atoms with Crippen LogP contribution in [0.1, 0.15) is 41.4 Å². The van der Waals surface area contributed by atoms with E-state index in [4.69, 9.17) is 5.73 Å². The van der Waals surface area contributed by atoms with Crippen LogP contribution in [-0.2, 0) is 11.2 Å². The van der Waals surface area contributed by atoms with E-state index in [0.29, 0.717) is 0 Å². The SMILES string of the molecule is Cc1nc2c(s1)C(N(C)C(=O)C(C)N)CCC2.Cl.Cl. The summed E-state index contributed by atoms with van der Waals surface area (Å²) in [7, 11) is 1.85. The second kappa shape index (κ2) is 7.43. The third-order valence-corrected chi connectivity index (χ3v) is 4.35. The maximum Gasteiger partial charge on any atom is 0.239 e. The molecule has 0 radical (unpaired) electrons. The molecule has 0 fully saturated rings. The fourth-order valence-corrected chi connectivity index (χ4v) is 3.52. The maximum atomic E-state index is 11.9. The molecule has 0 saturated carbocycles. The van der Waals surface area contributed by atoms with Crippen LogP contribution in [0.2, 0.25) is 0 Å². The highest BCUT2D eigenvalue weighted by molar-refractivity contribution is 7.11. The summed E-state index contributed by atoms with van der Waals surface area (Å²) in [5, 5.41) is 1.09. The monoisotopic (exact) mass is 325 g/mol. The highest BCUT2D eigenvalue weighted by atomic mass is 35.5. The van der Waals surface area contributed by atoms with Gasteiger partial charge in [0.05, 0.1) is 27.7 Å². The van der Waals surface area contributed by atoms with Crippen molar-refractivity contribution in [2.45, 2.75) is 45.2 Å². The summed E-state index contributed by atoms with van der Waals surface area (Å²) >= 11 is 1.71. The first-order chi connectivity index (χ1) is 8.00. The first-order valence-corrected chi connectivity index (χ1v) is 6.80. The molecule has 2 N–H and O–H groups in total. The lowest BCUT2D eigenvalue weighted by Crippen LogP contribution is -2.42. The Labute approximate surface area is 130 Å². The largest absolute Gasteiger partial charge is 0.336 e. The number of hydrogen-bond donors (Lipinski definition) is 1. The van der Waals surface area contributed by atoms with Gasteiger partial charge in [0.25, 0.3) is 0 Å². The summed E-state index contributed by atoms with van der Waals surface area (Å²) in [5.41, 5.74) is 6.84. The smallest absolute Gasteiger partial charge is 0.239 e. The number of fused-ring (bicyclic) bond motifs is 1. The van der Waals surface area contributed by atoms with Gasteiger partial charge in [-0.05, 0) is 33.1 Å². The van der Waals surface area contributed by atoms with Crippen LogP contribution in [0.4, 0.5) is 0 Å². The molecule has 110 valence electrons.